The van der Waals surface area contributed by atoms with E-state index in [-0.39, 0.29) is 5.69 Å². The van der Waals surface area contributed by atoms with Crippen LogP contribution in [0.4, 0.5) is 0 Å². The number of rotatable bonds is 0. The minimum Gasteiger partial charge on any atom is -0.304 e. The van der Waals surface area contributed by atoms with Gasteiger partial charge in [0.2, 0.25) is 0 Å². The molecular weight excluding hydrogens is 130 g/mol. The van der Waals surface area contributed by atoms with Crippen LogP contribution < -0.4 is 11.0 Å². The Labute approximate surface area is 55.8 Å². The van der Waals surface area contributed by atoms with E-state index in [0.29, 0.717) is 11.0 Å². The summed E-state index contributed by atoms with van der Waals surface area (Å²) >= 11 is 0. The number of aromatic amines is 1. The average molecular weight is 135 g/mol. The second-order valence-corrected chi connectivity index (χ2v) is 2.03. The highest BCUT2D eigenvalue weighted by Crippen LogP contribution is 1.84. The predicted molar refractivity (Wildman–Crippen MR) is 36.6 cm³/mol. The summed E-state index contributed by atoms with van der Waals surface area (Å²) in [7, 11) is 0. The molecule has 10 heavy (non-hydrogen) atoms. The Morgan fingerprint density at radius 3 is 3.20 bits per heavy atom. The van der Waals surface area contributed by atoms with Gasteiger partial charge < -0.3 is 4.98 Å². The van der Waals surface area contributed by atoms with E-state index in [1.54, 1.807) is 12.4 Å². The zero-order valence-corrected chi connectivity index (χ0v) is 5.16. The quantitative estimate of drug-likeness (QED) is 0.511. The molecule has 0 atom stereocenters. The lowest BCUT2D eigenvalue weighted by Gasteiger charge is -1.71. The molecule has 0 bridgehead atoms. The lowest BCUT2D eigenvalue weighted by molar-refractivity contribution is 1.07. The summed E-state index contributed by atoms with van der Waals surface area (Å²) < 4.78 is 1.42. The molecule has 2 aromatic rings. The molecule has 0 aliphatic heterocycles. The third-order valence-corrected chi connectivity index (χ3v) is 1.39. The van der Waals surface area contributed by atoms with Gasteiger partial charge >= 0.3 is 5.69 Å². The first-order valence-corrected chi connectivity index (χ1v) is 2.83. The van der Waals surface area contributed by atoms with Gasteiger partial charge in [-0.05, 0) is 0 Å². The summed E-state index contributed by atoms with van der Waals surface area (Å²) in [6.07, 6.45) is 3.17. The van der Waals surface area contributed by atoms with Gasteiger partial charge in [-0.3, -0.25) is 0 Å². The summed E-state index contributed by atoms with van der Waals surface area (Å²) in [5, 5.41) is 0.565. The molecule has 0 saturated heterocycles. The van der Waals surface area contributed by atoms with Crippen LogP contribution in [0.1, 0.15) is 0 Å². The van der Waals surface area contributed by atoms with Crippen LogP contribution in [-0.2, 0) is 0 Å². The molecule has 4 heteroatoms. The monoisotopic (exact) mass is 135 g/mol. The van der Waals surface area contributed by atoms with E-state index >= 15 is 0 Å². The summed E-state index contributed by atoms with van der Waals surface area (Å²) in [6.45, 7) is 3.60. The molecule has 0 spiro atoms. The van der Waals surface area contributed by atoms with Crippen molar-refractivity contribution in [3.05, 3.63) is 28.2 Å². The zero-order chi connectivity index (χ0) is 7.14. The summed E-state index contributed by atoms with van der Waals surface area (Å²) in [6, 6.07) is 0. The largest absolute Gasteiger partial charge is 0.331 e. The number of nitrogens with one attached hydrogen (secondary N) is 1. The fraction of sp³-hybridized carbons (Fsp3) is 0. The van der Waals surface area contributed by atoms with E-state index in [2.05, 4.69) is 16.5 Å². The number of hydrogen-bond acceptors (Lipinski definition) is 2. The van der Waals surface area contributed by atoms with E-state index in [0.717, 1.165) is 0 Å². The second kappa shape index (κ2) is 1.47. The van der Waals surface area contributed by atoms with Gasteiger partial charge in [0.25, 0.3) is 0 Å². The Morgan fingerprint density at radius 2 is 2.50 bits per heavy atom. The smallest absolute Gasteiger partial charge is 0.304 e. The van der Waals surface area contributed by atoms with E-state index in [9.17, 15) is 4.79 Å². The lowest BCUT2D eigenvalue weighted by Crippen LogP contribution is -2.09. The van der Waals surface area contributed by atoms with Gasteiger partial charge in [-0.15, -0.1) is 0 Å². The van der Waals surface area contributed by atoms with Gasteiger partial charge in [-0.2, -0.15) is 0 Å². The van der Waals surface area contributed by atoms with Crippen molar-refractivity contribution in [1.29, 1.82) is 0 Å². The van der Waals surface area contributed by atoms with Crippen LogP contribution in [0.2, 0.25) is 0 Å². The zero-order valence-electron chi connectivity index (χ0n) is 5.16. The number of aromatic nitrogens is 3. The maximum atomic E-state index is 10.9. The molecule has 50 valence electrons. The fourth-order valence-electron chi connectivity index (χ4n) is 0.936. The molecule has 0 aliphatic rings. The Morgan fingerprint density at radius 1 is 1.70 bits per heavy atom. The van der Waals surface area contributed by atoms with Crippen molar-refractivity contribution in [3.8, 4) is 0 Å². The molecule has 2 heterocycles. The summed E-state index contributed by atoms with van der Waals surface area (Å²) in [5.74, 6) is 0. The Balaban J connectivity index is 3.28. The molecule has 0 saturated carbocycles. The predicted octanol–water partition coefficient (Wildman–Crippen LogP) is -0.848. The van der Waals surface area contributed by atoms with Gasteiger partial charge in [0.1, 0.15) is 0 Å². The Bertz CT molecular complexity index is 413. The van der Waals surface area contributed by atoms with Crippen LogP contribution in [0, 0.1) is 0 Å². The first kappa shape index (κ1) is 5.22. The van der Waals surface area contributed by atoms with Crippen molar-refractivity contribution in [3.63, 3.8) is 0 Å². The van der Waals surface area contributed by atoms with Gasteiger partial charge in [-0.1, -0.05) is 6.58 Å². The van der Waals surface area contributed by atoms with Crippen molar-refractivity contribution < 1.29 is 0 Å². The maximum Gasteiger partial charge on any atom is 0.331 e. The minimum atomic E-state index is -0.183. The maximum absolute atomic E-state index is 10.9. The molecule has 2 rings (SSSR count). The number of imidazole rings is 2. The molecule has 2 aromatic heterocycles. The Kier molecular flexibility index (Phi) is 0.768. The third-order valence-electron chi connectivity index (χ3n) is 1.39. The molecule has 1 N–H and O–H groups in total. The van der Waals surface area contributed by atoms with Crippen LogP contribution in [0.15, 0.2) is 17.2 Å². The van der Waals surface area contributed by atoms with E-state index in [1.165, 1.54) is 4.40 Å². The van der Waals surface area contributed by atoms with Gasteiger partial charge in [0.15, 0.2) is 5.65 Å². The van der Waals surface area contributed by atoms with Gasteiger partial charge in [0.05, 0.1) is 5.35 Å². The van der Waals surface area contributed by atoms with E-state index < -0.39 is 0 Å². The first-order chi connectivity index (χ1) is 4.79. The summed E-state index contributed by atoms with van der Waals surface area (Å²) in [5.41, 5.74) is 0.419. The van der Waals surface area contributed by atoms with E-state index in [1.807, 2.05) is 0 Å². The molecule has 0 unspecified atom stereocenters. The van der Waals surface area contributed by atoms with Crippen molar-refractivity contribution in [2.45, 2.75) is 0 Å². The first-order valence-electron chi connectivity index (χ1n) is 2.83. The van der Waals surface area contributed by atoms with Crippen LogP contribution in [0.3, 0.4) is 0 Å². The van der Waals surface area contributed by atoms with Crippen LogP contribution in [-0.4, -0.2) is 14.4 Å². The molecule has 4 nitrogen and oxygen atoms in total. The topological polar surface area (TPSA) is 50.2 Å². The summed E-state index contributed by atoms with van der Waals surface area (Å²) in [4.78, 5) is 17.3. The van der Waals surface area contributed by atoms with Gasteiger partial charge in [-0.25, -0.2) is 14.2 Å². The second-order valence-electron chi connectivity index (χ2n) is 2.03. The third kappa shape index (κ3) is 0.452. The molecule has 0 amide bonds. The normalized spacial score (nSPS) is 10.8. The SMILES string of the molecule is C=c1[nH]c(=O)n2ccnc12. The number of H-pyrrole nitrogens is 1. The van der Waals surface area contributed by atoms with Crippen molar-refractivity contribution in [2.75, 3.05) is 0 Å². The van der Waals surface area contributed by atoms with E-state index in [4.69, 9.17) is 0 Å². The highest BCUT2D eigenvalue weighted by atomic mass is 16.1. The average Bonchev–Trinajstić information content (AvgIpc) is 2.39. The van der Waals surface area contributed by atoms with Gasteiger partial charge in [0, 0.05) is 12.4 Å². The lowest BCUT2D eigenvalue weighted by atomic mass is 10.7. The molecule has 0 radical (unpaired) electrons. The van der Waals surface area contributed by atoms with Crippen molar-refractivity contribution in [2.24, 2.45) is 0 Å². The molecular formula is C6H5N3O. The van der Waals surface area contributed by atoms with Crippen molar-refractivity contribution >= 4 is 12.2 Å². The van der Waals surface area contributed by atoms with Crippen molar-refractivity contribution in [1.82, 2.24) is 14.4 Å². The number of fused-ring (bicyclic) bond motifs is 1. The van der Waals surface area contributed by atoms with Crippen LogP contribution in [0.5, 0.6) is 0 Å². The van der Waals surface area contributed by atoms with Crippen LogP contribution in [0.25, 0.3) is 12.2 Å². The van der Waals surface area contributed by atoms with Crippen LogP contribution >= 0.6 is 0 Å². The minimum absolute atomic E-state index is 0.183. The highest BCUT2D eigenvalue weighted by Gasteiger charge is 1.98. The highest BCUT2D eigenvalue weighted by molar-refractivity contribution is 5.37. The standard InChI is InChI=1S/C6H5N3O/c1-4-5-7-2-3-9(5)6(10)8-4/h2-3H,1H2,(H,8,10). The molecule has 0 aromatic carbocycles. The Hall–Kier alpha value is -1.58. The number of hydrogen-bond donors (Lipinski definition) is 1. The number of nitrogens with zero attached hydrogens (tertiary/aromatic N) is 2. The molecule has 0 aliphatic carbocycles. The molecule has 0 fully saturated rings. The fourth-order valence-corrected chi connectivity index (χ4v) is 0.936.